The van der Waals surface area contributed by atoms with Crippen LogP contribution in [0.2, 0.25) is 0 Å². The number of hydrogen-bond acceptors (Lipinski definition) is 7. The third kappa shape index (κ3) is 3.64. The van der Waals surface area contributed by atoms with Gasteiger partial charge in [-0.1, -0.05) is 30.3 Å². The second-order valence-corrected chi connectivity index (χ2v) is 5.66. The molecule has 0 fully saturated rings. The van der Waals surface area contributed by atoms with E-state index in [1.54, 1.807) is 7.11 Å². The van der Waals surface area contributed by atoms with Crippen molar-refractivity contribution in [1.82, 2.24) is 4.98 Å². The maximum absolute atomic E-state index is 11.6. The molecule has 0 radical (unpaired) electrons. The number of benzene rings is 2. The van der Waals surface area contributed by atoms with E-state index in [2.05, 4.69) is 15.0 Å². The second kappa shape index (κ2) is 7.69. The third-order valence-corrected chi connectivity index (χ3v) is 4.14. The van der Waals surface area contributed by atoms with Crippen LogP contribution in [0.25, 0.3) is 10.8 Å². The summed E-state index contributed by atoms with van der Waals surface area (Å²) in [6.07, 6.45) is 1.24. The van der Waals surface area contributed by atoms with Gasteiger partial charge < -0.3 is 14.8 Å². The molecule has 0 saturated carbocycles. The zero-order valence-corrected chi connectivity index (χ0v) is 14.8. The van der Waals surface area contributed by atoms with E-state index in [-0.39, 0.29) is 23.6 Å². The van der Waals surface area contributed by atoms with Gasteiger partial charge in [0.2, 0.25) is 5.82 Å². The van der Waals surface area contributed by atoms with E-state index in [0.29, 0.717) is 5.75 Å². The molecule has 0 atom stereocenters. The van der Waals surface area contributed by atoms with Gasteiger partial charge in [0, 0.05) is 24.4 Å². The summed E-state index contributed by atoms with van der Waals surface area (Å²) in [5.41, 5.74) is 0.554. The highest BCUT2D eigenvalue weighted by molar-refractivity contribution is 5.90. The Morgan fingerprint density at radius 2 is 2.00 bits per heavy atom. The van der Waals surface area contributed by atoms with Crippen LogP contribution in [-0.4, -0.2) is 30.1 Å². The van der Waals surface area contributed by atoms with Crippen LogP contribution >= 0.6 is 0 Å². The molecule has 8 nitrogen and oxygen atoms in total. The van der Waals surface area contributed by atoms with E-state index < -0.39 is 10.9 Å². The van der Waals surface area contributed by atoms with Gasteiger partial charge in [0.25, 0.3) is 0 Å². The fourth-order valence-corrected chi connectivity index (χ4v) is 2.82. The van der Waals surface area contributed by atoms with Gasteiger partial charge in [-0.3, -0.25) is 10.1 Å². The molecular weight excluding hydrogens is 350 g/mol. The van der Waals surface area contributed by atoms with Crippen LogP contribution in [0, 0.1) is 10.1 Å². The number of aromatic nitrogens is 1. The zero-order chi connectivity index (χ0) is 19.4. The molecule has 27 heavy (non-hydrogen) atoms. The van der Waals surface area contributed by atoms with Crippen molar-refractivity contribution >= 4 is 28.2 Å². The third-order valence-electron chi connectivity index (χ3n) is 4.14. The van der Waals surface area contributed by atoms with Gasteiger partial charge in [-0.05, 0) is 16.8 Å². The number of ether oxygens (including phenoxy) is 2. The number of hydrogen-bond donors (Lipinski definition) is 1. The largest absolute Gasteiger partial charge is 0.496 e. The molecule has 3 aromatic rings. The molecule has 1 aromatic heterocycles. The highest BCUT2D eigenvalue weighted by Gasteiger charge is 2.20. The lowest BCUT2D eigenvalue weighted by molar-refractivity contribution is -0.384. The summed E-state index contributed by atoms with van der Waals surface area (Å²) >= 11 is 0. The van der Waals surface area contributed by atoms with Crippen LogP contribution in [0.4, 0.5) is 11.5 Å². The van der Waals surface area contributed by atoms with Crippen LogP contribution in [0.3, 0.4) is 0 Å². The SMILES string of the molecule is COC(=O)c1cnc(NCc2c(OC)ccc3ccccc23)c([N+](=O)[O-])c1. The fraction of sp³-hybridized carbons (Fsp3) is 0.158. The molecule has 1 N–H and O–H groups in total. The minimum Gasteiger partial charge on any atom is -0.496 e. The van der Waals surface area contributed by atoms with Crippen molar-refractivity contribution in [2.45, 2.75) is 6.54 Å². The number of fused-ring (bicyclic) bond motifs is 1. The first-order valence-electron chi connectivity index (χ1n) is 8.06. The fourth-order valence-electron chi connectivity index (χ4n) is 2.82. The van der Waals surface area contributed by atoms with Gasteiger partial charge in [0.05, 0.1) is 24.7 Å². The minimum atomic E-state index is -0.687. The first-order chi connectivity index (χ1) is 13.0. The number of carbonyl (C=O) groups excluding carboxylic acids is 1. The lowest BCUT2D eigenvalue weighted by Gasteiger charge is -2.13. The summed E-state index contributed by atoms with van der Waals surface area (Å²) < 4.78 is 10.0. The van der Waals surface area contributed by atoms with Crippen molar-refractivity contribution < 1.29 is 19.2 Å². The molecule has 0 aliphatic rings. The number of methoxy groups -OCH3 is 2. The summed E-state index contributed by atoms with van der Waals surface area (Å²) in [6.45, 7) is 0.260. The molecule has 138 valence electrons. The average Bonchev–Trinajstić information content (AvgIpc) is 2.71. The van der Waals surface area contributed by atoms with Gasteiger partial charge in [0.1, 0.15) is 5.75 Å². The Hall–Kier alpha value is -3.68. The van der Waals surface area contributed by atoms with Crippen LogP contribution in [-0.2, 0) is 11.3 Å². The Labute approximate surface area is 154 Å². The van der Waals surface area contributed by atoms with Gasteiger partial charge in [-0.15, -0.1) is 0 Å². The van der Waals surface area contributed by atoms with Crippen molar-refractivity contribution in [3.05, 3.63) is 69.9 Å². The monoisotopic (exact) mass is 367 g/mol. The quantitative estimate of drug-likeness (QED) is 0.404. The Balaban J connectivity index is 1.96. The van der Waals surface area contributed by atoms with Gasteiger partial charge in [0.15, 0.2) is 0 Å². The summed E-state index contributed by atoms with van der Waals surface area (Å²) in [6, 6.07) is 12.7. The highest BCUT2D eigenvalue weighted by atomic mass is 16.6. The van der Waals surface area contributed by atoms with Crippen molar-refractivity contribution in [3.63, 3.8) is 0 Å². The zero-order valence-electron chi connectivity index (χ0n) is 14.8. The number of rotatable bonds is 6. The second-order valence-electron chi connectivity index (χ2n) is 5.66. The van der Waals surface area contributed by atoms with E-state index in [1.165, 1.54) is 13.3 Å². The van der Waals surface area contributed by atoms with E-state index in [4.69, 9.17) is 4.74 Å². The topological polar surface area (TPSA) is 104 Å². The smallest absolute Gasteiger partial charge is 0.339 e. The summed E-state index contributed by atoms with van der Waals surface area (Å²) in [4.78, 5) is 26.4. The molecule has 8 heteroatoms. The number of pyridine rings is 1. The van der Waals surface area contributed by atoms with E-state index in [9.17, 15) is 14.9 Å². The first-order valence-corrected chi connectivity index (χ1v) is 8.06. The maximum atomic E-state index is 11.6. The minimum absolute atomic E-state index is 0.0116. The van der Waals surface area contributed by atoms with Crippen molar-refractivity contribution in [2.75, 3.05) is 19.5 Å². The summed E-state index contributed by atoms with van der Waals surface area (Å²) in [5, 5.41) is 16.4. The van der Waals surface area contributed by atoms with Crippen LogP contribution in [0.15, 0.2) is 48.7 Å². The normalized spacial score (nSPS) is 10.4. The molecule has 1 heterocycles. The molecule has 3 rings (SSSR count). The molecule has 0 spiro atoms. The van der Waals surface area contributed by atoms with Gasteiger partial charge in [-0.25, -0.2) is 9.78 Å². The number of nitrogens with zero attached hydrogens (tertiary/aromatic N) is 2. The van der Waals surface area contributed by atoms with E-state index in [0.717, 1.165) is 22.4 Å². The predicted octanol–water partition coefficient (Wildman–Crippen LogP) is 3.55. The molecule has 2 aromatic carbocycles. The summed E-state index contributed by atoms with van der Waals surface area (Å²) in [7, 11) is 2.77. The number of esters is 1. The average molecular weight is 367 g/mol. The van der Waals surface area contributed by atoms with Gasteiger partial charge >= 0.3 is 11.7 Å². The molecule has 0 aliphatic heterocycles. The van der Waals surface area contributed by atoms with Crippen molar-refractivity contribution in [2.24, 2.45) is 0 Å². The molecular formula is C19H17N3O5. The van der Waals surface area contributed by atoms with Gasteiger partial charge in [-0.2, -0.15) is 0 Å². The standard InChI is InChI=1S/C19H17N3O5/c1-26-17-8-7-12-5-3-4-6-14(12)15(17)11-21-18-16(22(24)25)9-13(10-20-18)19(23)27-2/h3-10H,11H2,1-2H3,(H,20,21). The highest BCUT2D eigenvalue weighted by Crippen LogP contribution is 2.30. The van der Waals surface area contributed by atoms with Crippen LogP contribution in [0.1, 0.15) is 15.9 Å². The number of carbonyl (C=O) groups is 1. The Morgan fingerprint density at radius 3 is 2.70 bits per heavy atom. The van der Waals surface area contributed by atoms with Crippen molar-refractivity contribution in [3.8, 4) is 5.75 Å². The molecule has 0 unspecified atom stereocenters. The number of nitrogens with one attached hydrogen (secondary N) is 1. The van der Waals surface area contributed by atoms with Crippen LogP contribution < -0.4 is 10.1 Å². The molecule has 0 aliphatic carbocycles. The number of nitro groups is 1. The molecule has 0 amide bonds. The Kier molecular flexibility index (Phi) is 5.16. The maximum Gasteiger partial charge on any atom is 0.339 e. The number of anilines is 1. The lowest BCUT2D eigenvalue weighted by atomic mass is 10.0. The first kappa shape index (κ1) is 18.1. The predicted molar refractivity (Wildman–Crippen MR) is 100 cm³/mol. The van der Waals surface area contributed by atoms with Crippen LogP contribution in [0.5, 0.6) is 5.75 Å². The molecule has 0 saturated heterocycles. The summed E-state index contributed by atoms with van der Waals surface area (Å²) in [5.74, 6) is 0.0329. The Bertz CT molecular complexity index is 1020. The molecule has 0 bridgehead atoms. The van der Waals surface area contributed by atoms with E-state index >= 15 is 0 Å². The Morgan fingerprint density at radius 1 is 1.22 bits per heavy atom. The van der Waals surface area contributed by atoms with Crippen molar-refractivity contribution in [1.29, 1.82) is 0 Å². The lowest BCUT2D eigenvalue weighted by Crippen LogP contribution is -2.09. The van der Waals surface area contributed by atoms with E-state index in [1.807, 2.05) is 36.4 Å².